The highest BCUT2D eigenvalue weighted by Gasteiger charge is 2.23. The molecular formula is C43H53N7O12S2. The van der Waals surface area contributed by atoms with E-state index in [1.807, 2.05) is 49.8 Å². The average molecular weight is 924 g/mol. The van der Waals surface area contributed by atoms with Crippen molar-refractivity contribution in [1.82, 2.24) is 14.0 Å². The molecule has 0 bridgehead atoms. The van der Waals surface area contributed by atoms with Crippen LogP contribution in [0.2, 0.25) is 0 Å². The molecule has 0 unspecified atom stereocenters. The van der Waals surface area contributed by atoms with Gasteiger partial charge in [0.25, 0.3) is 5.91 Å². The number of urea groups is 1. The van der Waals surface area contributed by atoms with Crippen molar-refractivity contribution >= 4 is 71.5 Å². The fourth-order valence-electron chi connectivity index (χ4n) is 5.93. The van der Waals surface area contributed by atoms with Crippen LogP contribution in [-0.2, 0) is 39.9 Å². The summed E-state index contributed by atoms with van der Waals surface area (Å²) >= 11 is 0. The Morgan fingerprint density at radius 1 is 0.734 bits per heavy atom. The number of ether oxygens (including phenoxy) is 6. The van der Waals surface area contributed by atoms with Crippen LogP contribution in [0.5, 0.6) is 28.7 Å². The van der Waals surface area contributed by atoms with Gasteiger partial charge in [0.2, 0.25) is 10.0 Å². The topological polar surface area (TPSA) is 234 Å². The smallest absolute Gasteiger partial charge is 0.323 e. The zero-order chi connectivity index (χ0) is 46.7. The molecule has 1 heterocycles. The Morgan fingerprint density at radius 3 is 2.09 bits per heavy atom. The maximum atomic E-state index is 13.5. The molecule has 5 aromatic rings. The Bertz CT molecular complexity index is 2670. The van der Waals surface area contributed by atoms with Gasteiger partial charge in [-0.2, -0.15) is 12.7 Å². The zero-order valence-corrected chi connectivity index (χ0v) is 38.4. The Morgan fingerprint density at radius 2 is 1.41 bits per heavy atom. The van der Waals surface area contributed by atoms with Crippen LogP contribution in [0.1, 0.15) is 26.3 Å². The summed E-state index contributed by atoms with van der Waals surface area (Å²) in [6.45, 7) is 6.09. The molecule has 0 aliphatic carbocycles. The third-order valence-electron chi connectivity index (χ3n) is 9.01. The highest BCUT2D eigenvalue weighted by molar-refractivity contribution is 7.92. The minimum absolute atomic E-state index is 0.0676. The first kappa shape index (κ1) is 48.6. The van der Waals surface area contributed by atoms with Crippen LogP contribution in [0.25, 0.3) is 10.8 Å². The van der Waals surface area contributed by atoms with Crippen LogP contribution in [0.4, 0.5) is 33.4 Å². The van der Waals surface area contributed by atoms with Crippen molar-refractivity contribution in [1.29, 1.82) is 0 Å². The van der Waals surface area contributed by atoms with Gasteiger partial charge in [-0.15, -0.1) is 0 Å². The molecule has 0 spiro atoms. The number of nitrogens with zero attached hydrogens (tertiary/aromatic N) is 2. The van der Waals surface area contributed by atoms with E-state index in [4.69, 9.17) is 28.4 Å². The molecule has 0 saturated carbocycles. The molecule has 64 heavy (non-hydrogen) atoms. The number of rotatable bonds is 21. The number of amides is 3. The minimum Gasteiger partial charge on any atom is -0.497 e. The molecule has 0 saturated heterocycles. The van der Waals surface area contributed by atoms with Crippen molar-refractivity contribution in [3.63, 3.8) is 0 Å². The molecule has 0 aliphatic rings. The highest BCUT2D eigenvalue weighted by Crippen LogP contribution is 2.40. The predicted octanol–water partition coefficient (Wildman–Crippen LogP) is 6.44. The van der Waals surface area contributed by atoms with E-state index in [2.05, 4.69) is 25.7 Å². The predicted molar refractivity (Wildman–Crippen MR) is 245 cm³/mol. The first-order valence-electron chi connectivity index (χ1n) is 19.7. The SMILES string of the molecule is COc1cc(Nc2cc(Oc3ccc(NC(=O)Nc4cc(C(C)(C)C)cc(NS(C)(=O)=O)c4OC)c4ccccc34)ccn2)cc(OCCOCCOCC(=O)NS(=O)(=O)N(C)C)c1. The Labute approximate surface area is 373 Å². The Kier molecular flexibility index (Phi) is 16.2. The van der Waals surface area contributed by atoms with Crippen LogP contribution in [-0.4, -0.2) is 106 Å². The third-order valence-corrected chi connectivity index (χ3v) is 11.0. The van der Waals surface area contributed by atoms with E-state index in [1.165, 1.54) is 28.3 Å². The number of carbonyl (C=O) groups excluding carboxylic acids is 2. The summed E-state index contributed by atoms with van der Waals surface area (Å²) in [5.74, 6) is 1.84. The zero-order valence-electron chi connectivity index (χ0n) is 36.7. The second kappa shape index (κ2) is 21.3. The van der Waals surface area contributed by atoms with Crippen molar-refractivity contribution < 1.29 is 54.8 Å². The molecule has 5 rings (SSSR count). The summed E-state index contributed by atoms with van der Waals surface area (Å²) in [4.78, 5) is 29.8. The fourth-order valence-corrected chi connectivity index (χ4v) is 7.01. The molecule has 4 aromatic carbocycles. The van der Waals surface area contributed by atoms with Crippen LogP contribution in [0, 0.1) is 0 Å². The maximum absolute atomic E-state index is 13.5. The third kappa shape index (κ3) is 14.1. The summed E-state index contributed by atoms with van der Waals surface area (Å²) in [6.07, 6.45) is 2.63. The molecule has 3 amide bonds. The number of hydrogen-bond donors (Lipinski definition) is 5. The standard InChI is InChI=1S/C43H53N7O12S2/c1-43(2,3)28-21-36(41(58-7)37(22-28)48-63(8,53)54)47-42(52)46-35-13-14-38(34-12-10-9-11-33(34)35)62-30-15-16-44-39(26-30)45-29-23-31(57-6)25-32(24-29)61-20-19-59-17-18-60-27-40(51)49-64(55,56)50(4)5/h9-16,21-26,48H,17-20,27H2,1-8H3,(H,44,45)(H,49,51)(H2,46,47,52). The Balaban J connectivity index is 1.21. The molecule has 0 atom stereocenters. The summed E-state index contributed by atoms with van der Waals surface area (Å²) in [6, 6.07) is 22.4. The average Bonchev–Trinajstić information content (AvgIpc) is 3.21. The fraction of sp³-hybridized carbons (Fsp3) is 0.326. The van der Waals surface area contributed by atoms with E-state index < -0.39 is 38.8 Å². The first-order valence-corrected chi connectivity index (χ1v) is 23.0. The van der Waals surface area contributed by atoms with Gasteiger partial charge in [-0.05, 0) is 41.3 Å². The lowest BCUT2D eigenvalue weighted by Gasteiger charge is -2.24. The molecule has 0 radical (unpaired) electrons. The van der Waals surface area contributed by atoms with Gasteiger partial charge in [0, 0.05) is 61.0 Å². The number of anilines is 5. The van der Waals surface area contributed by atoms with Crippen LogP contribution in [0.15, 0.2) is 85.1 Å². The van der Waals surface area contributed by atoms with Crippen molar-refractivity contribution in [2.45, 2.75) is 26.2 Å². The summed E-state index contributed by atoms with van der Waals surface area (Å²) in [5, 5.41) is 10.4. The molecule has 344 valence electrons. The number of hydrogen-bond acceptors (Lipinski definition) is 14. The maximum Gasteiger partial charge on any atom is 0.323 e. The van der Waals surface area contributed by atoms with Gasteiger partial charge in [-0.1, -0.05) is 45.0 Å². The van der Waals surface area contributed by atoms with Crippen molar-refractivity contribution in [3.8, 4) is 28.7 Å². The van der Waals surface area contributed by atoms with E-state index in [9.17, 15) is 26.4 Å². The minimum atomic E-state index is -3.89. The second-order valence-electron chi connectivity index (χ2n) is 15.3. The number of fused-ring (bicyclic) bond motifs is 1. The number of nitrogens with one attached hydrogen (secondary N) is 5. The number of pyridine rings is 1. The van der Waals surface area contributed by atoms with Gasteiger partial charge in [-0.3, -0.25) is 9.52 Å². The van der Waals surface area contributed by atoms with Crippen molar-refractivity contribution in [2.75, 3.05) is 88.3 Å². The Hall–Kier alpha value is -6.39. The van der Waals surface area contributed by atoms with E-state index in [-0.39, 0.29) is 49.0 Å². The summed E-state index contributed by atoms with van der Waals surface area (Å²) in [5.41, 5.74) is 1.96. The van der Waals surface area contributed by atoms with E-state index in [1.54, 1.807) is 60.8 Å². The normalized spacial score (nSPS) is 11.8. The van der Waals surface area contributed by atoms with Gasteiger partial charge in [0.1, 0.15) is 42.0 Å². The number of carbonyl (C=O) groups is 2. The van der Waals surface area contributed by atoms with Crippen molar-refractivity contribution in [2.24, 2.45) is 0 Å². The number of methoxy groups -OCH3 is 2. The largest absolute Gasteiger partial charge is 0.497 e. The lowest BCUT2D eigenvalue weighted by molar-refractivity contribution is -0.124. The van der Waals surface area contributed by atoms with E-state index >= 15 is 0 Å². The van der Waals surface area contributed by atoms with Gasteiger partial charge in [-0.25, -0.2) is 22.9 Å². The monoisotopic (exact) mass is 923 g/mol. The van der Waals surface area contributed by atoms with Gasteiger partial charge in [0.05, 0.1) is 57.4 Å². The number of benzene rings is 4. The van der Waals surface area contributed by atoms with Crippen LogP contribution >= 0.6 is 0 Å². The van der Waals surface area contributed by atoms with Gasteiger partial charge >= 0.3 is 16.2 Å². The lowest BCUT2D eigenvalue weighted by atomic mass is 9.86. The molecule has 5 N–H and O–H groups in total. The second-order valence-corrected chi connectivity index (χ2v) is 18.9. The lowest BCUT2D eigenvalue weighted by Crippen LogP contribution is -2.41. The molecule has 0 fully saturated rings. The number of sulfonamides is 1. The molecule has 21 heteroatoms. The van der Waals surface area contributed by atoms with E-state index in [0.29, 0.717) is 51.0 Å². The quantitative estimate of drug-likeness (QED) is 0.0499. The van der Waals surface area contributed by atoms with Gasteiger partial charge in [0.15, 0.2) is 5.75 Å². The van der Waals surface area contributed by atoms with Crippen LogP contribution in [0.3, 0.4) is 0 Å². The van der Waals surface area contributed by atoms with E-state index in [0.717, 1.165) is 16.1 Å². The highest BCUT2D eigenvalue weighted by atomic mass is 32.2. The molecule has 19 nitrogen and oxygen atoms in total. The van der Waals surface area contributed by atoms with Crippen LogP contribution < -0.4 is 44.3 Å². The summed E-state index contributed by atoms with van der Waals surface area (Å²) in [7, 11) is -2.02. The molecular weight excluding hydrogens is 871 g/mol. The molecule has 0 aliphatic heterocycles. The first-order chi connectivity index (χ1) is 30.2. The van der Waals surface area contributed by atoms with Gasteiger partial charge < -0.3 is 44.4 Å². The van der Waals surface area contributed by atoms with Crippen molar-refractivity contribution in [3.05, 3.63) is 90.6 Å². The number of aromatic nitrogens is 1. The summed E-state index contributed by atoms with van der Waals surface area (Å²) < 4.78 is 87.0. The molecule has 1 aromatic heterocycles.